The molecule has 0 aromatic heterocycles. The fourth-order valence-electron chi connectivity index (χ4n) is 3.33. The van der Waals surface area contributed by atoms with Gasteiger partial charge in [-0.15, -0.1) is 0 Å². The predicted octanol–water partition coefficient (Wildman–Crippen LogP) is 2.63. The molecule has 0 radical (unpaired) electrons. The summed E-state index contributed by atoms with van der Waals surface area (Å²) in [7, 11) is 0. The van der Waals surface area contributed by atoms with Gasteiger partial charge in [-0.3, -0.25) is 0 Å². The van der Waals surface area contributed by atoms with Crippen molar-refractivity contribution in [3.8, 4) is 0 Å². The van der Waals surface area contributed by atoms with Gasteiger partial charge in [0.05, 0.1) is 13.2 Å². The molecule has 2 aliphatic heterocycles. The zero-order valence-electron chi connectivity index (χ0n) is 12.7. The molecule has 4 rings (SSSR count). The Hall–Kier alpha value is -2.20. The number of hydrogen-bond donors (Lipinski definition) is 1. The van der Waals surface area contributed by atoms with Crippen LogP contribution in [0, 0.1) is 0 Å². The van der Waals surface area contributed by atoms with Crippen molar-refractivity contribution in [1.82, 2.24) is 0 Å². The SMILES string of the molecule is Nc1cccc2c1CN(c1ccc(N3CCOCC3)cc1)C2. The molecule has 2 aromatic rings. The number of nitrogens with two attached hydrogens (primary N) is 1. The molecule has 0 saturated carbocycles. The number of nitrogen functional groups attached to an aromatic ring is 1. The third-order valence-corrected chi connectivity index (χ3v) is 4.61. The summed E-state index contributed by atoms with van der Waals surface area (Å²) >= 11 is 0. The summed E-state index contributed by atoms with van der Waals surface area (Å²) in [6, 6.07) is 15.1. The predicted molar refractivity (Wildman–Crippen MR) is 90.2 cm³/mol. The third-order valence-electron chi connectivity index (χ3n) is 4.61. The lowest BCUT2D eigenvalue weighted by Gasteiger charge is -2.29. The lowest BCUT2D eigenvalue weighted by molar-refractivity contribution is 0.122. The summed E-state index contributed by atoms with van der Waals surface area (Å²) in [4.78, 5) is 4.76. The third kappa shape index (κ3) is 2.40. The van der Waals surface area contributed by atoms with Crippen molar-refractivity contribution < 1.29 is 4.74 Å². The summed E-state index contributed by atoms with van der Waals surface area (Å²) in [5.74, 6) is 0. The molecule has 0 atom stereocenters. The van der Waals surface area contributed by atoms with Crippen LogP contribution < -0.4 is 15.5 Å². The van der Waals surface area contributed by atoms with Crippen LogP contribution in [0.3, 0.4) is 0 Å². The highest BCUT2D eigenvalue weighted by Gasteiger charge is 2.21. The molecule has 1 fully saturated rings. The second-order valence-electron chi connectivity index (χ2n) is 5.96. The maximum Gasteiger partial charge on any atom is 0.0642 e. The van der Waals surface area contributed by atoms with Gasteiger partial charge >= 0.3 is 0 Å². The van der Waals surface area contributed by atoms with E-state index in [9.17, 15) is 0 Å². The maximum absolute atomic E-state index is 6.09. The van der Waals surface area contributed by atoms with E-state index in [-0.39, 0.29) is 0 Å². The van der Waals surface area contributed by atoms with E-state index in [4.69, 9.17) is 10.5 Å². The Morgan fingerprint density at radius 1 is 0.818 bits per heavy atom. The van der Waals surface area contributed by atoms with Gasteiger partial charge in [-0.2, -0.15) is 0 Å². The number of nitrogens with zero attached hydrogens (tertiary/aromatic N) is 2. The first-order chi connectivity index (χ1) is 10.8. The van der Waals surface area contributed by atoms with E-state index in [0.29, 0.717) is 0 Å². The highest BCUT2D eigenvalue weighted by atomic mass is 16.5. The van der Waals surface area contributed by atoms with Gasteiger partial charge in [-0.25, -0.2) is 0 Å². The molecule has 4 nitrogen and oxygen atoms in total. The summed E-state index contributed by atoms with van der Waals surface area (Å²) in [6.45, 7) is 5.44. The Morgan fingerprint density at radius 2 is 1.50 bits per heavy atom. The van der Waals surface area contributed by atoms with E-state index in [1.165, 1.54) is 22.5 Å². The minimum Gasteiger partial charge on any atom is -0.398 e. The number of rotatable bonds is 2. The van der Waals surface area contributed by atoms with E-state index < -0.39 is 0 Å². The molecule has 0 spiro atoms. The molecule has 114 valence electrons. The highest BCUT2D eigenvalue weighted by molar-refractivity contribution is 5.62. The van der Waals surface area contributed by atoms with Crippen molar-refractivity contribution in [3.05, 3.63) is 53.6 Å². The Morgan fingerprint density at radius 3 is 2.18 bits per heavy atom. The number of ether oxygens (including phenoxy) is 1. The Kier molecular flexibility index (Phi) is 3.39. The van der Waals surface area contributed by atoms with Gasteiger partial charge in [0.15, 0.2) is 0 Å². The lowest BCUT2D eigenvalue weighted by Crippen LogP contribution is -2.36. The molecular formula is C18H21N3O. The van der Waals surface area contributed by atoms with Crippen molar-refractivity contribution >= 4 is 17.1 Å². The fraction of sp³-hybridized carbons (Fsp3) is 0.333. The molecule has 2 heterocycles. The molecule has 0 aliphatic carbocycles. The van der Waals surface area contributed by atoms with Gasteiger partial charge in [0, 0.05) is 43.2 Å². The van der Waals surface area contributed by atoms with Crippen LogP contribution in [0.5, 0.6) is 0 Å². The zero-order chi connectivity index (χ0) is 14.9. The number of hydrogen-bond acceptors (Lipinski definition) is 4. The standard InChI is InChI=1S/C18H21N3O/c19-18-3-1-2-14-12-21(13-17(14)18)16-6-4-15(5-7-16)20-8-10-22-11-9-20/h1-7H,8-13,19H2. The van der Waals surface area contributed by atoms with Crippen molar-refractivity contribution in [2.75, 3.05) is 41.8 Å². The zero-order valence-corrected chi connectivity index (χ0v) is 12.7. The van der Waals surface area contributed by atoms with E-state index in [1.54, 1.807) is 0 Å². The largest absolute Gasteiger partial charge is 0.398 e. The summed E-state index contributed by atoms with van der Waals surface area (Å²) in [5.41, 5.74) is 12.2. The van der Waals surface area contributed by atoms with E-state index in [2.05, 4.69) is 40.1 Å². The van der Waals surface area contributed by atoms with E-state index in [0.717, 1.165) is 45.1 Å². The van der Waals surface area contributed by atoms with Crippen molar-refractivity contribution in [3.63, 3.8) is 0 Å². The van der Waals surface area contributed by atoms with Gasteiger partial charge in [0.25, 0.3) is 0 Å². The molecule has 1 saturated heterocycles. The summed E-state index contributed by atoms with van der Waals surface area (Å²) < 4.78 is 5.41. The second-order valence-corrected chi connectivity index (χ2v) is 5.96. The molecule has 2 aromatic carbocycles. The molecular weight excluding hydrogens is 274 g/mol. The first-order valence-corrected chi connectivity index (χ1v) is 7.85. The smallest absolute Gasteiger partial charge is 0.0642 e. The Bertz CT molecular complexity index is 663. The number of morpholine rings is 1. The van der Waals surface area contributed by atoms with Gasteiger partial charge in [0.2, 0.25) is 0 Å². The number of benzene rings is 2. The topological polar surface area (TPSA) is 41.7 Å². The molecule has 2 N–H and O–H groups in total. The Balaban J connectivity index is 1.51. The first-order valence-electron chi connectivity index (χ1n) is 7.85. The van der Waals surface area contributed by atoms with Crippen LogP contribution in [0.15, 0.2) is 42.5 Å². The highest BCUT2D eigenvalue weighted by Crippen LogP contribution is 2.32. The number of anilines is 3. The quantitative estimate of drug-likeness (QED) is 0.865. The molecule has 2 aliphatic rings. The molecule has 0 unspecified atom stereocenters. The minimum atomic E-state index is 0.822. The molecule has 0 bridgehead atoms. The Labute approximate surface area is 131 Å². The van der Waals surface area contributed by atoms with E-state index >= 15 is 0 Å². The van der Waals surface area contributed by atoms with Crippen LogP contribution in [-0.2, 0) is 17.8 Å². The van der Waals surface area contributed by atoms with Crippen molar-refractivity contribution in [2.45, 2.75) is 13.1 Å². The minimum absolute atomic E-state index is 0.822. The number of fused-ring (bicyclic) bond motifs is 1. The molecule has 22 heavy (non-hydrogen) atoms. The van der Waals surface area contributed by atoms with Crippen LogP contribution >= 0.6 is 0 Å². The van der Waals surface area contributed by atoms with Crippen LogP contribution in [0.25, 0.3) is 0 Å². The monoisotopic (exact) mass is 295 g/mol. The average molecular weight is 295 g/mol. The van der Waals surface area contributed by atoms with Gasteiger partial charge in [-0.1, -0.05) is 12.1 Å². The van der Waals surface area contributed by atoms with E-state index in [1.807, 2.05) is 12.1 Å². The normalized spacial score (nSPS) is 17.6. The van der Waals surface area contributed by atoms with Crippen LogP contribution in [0.4, 0.5) is 17.1 Å². The first kappa shape index (κ1) is 13.5. The van der Waals surface area contributed by atoms with Gasteiger partial charge < -0.3 is 20.3 Å². The summed E-state index contributed by atoms with van der Waals surface area (Å²) in [5, 5.41) is 0. The second kappa shape index (κ2) is 5.54. The van der Waals surface area contributed by atoms with Gasteiger partial charge in [-0.05, 0) is 41.5 Å². The fourth-order valence-corrected chi connectivity index (χ4v) is 3.33. The maximum atomic E-state index is 6.09. The van der Waals surface area contributed by atoms with Crippen molar-refractivity contribution in [2.24, 2.45) is 0 Å². The average Bonchev–Trinajstić information content (AvgIpc) is 3.02. The van der Waals surface area contributed by atoms with Crippen molar-refractivity contribution in [1.29, 1.82) is 0 Å². The molecule has 4 heteroatoms. The molecule has 0 amide bonds. The summed E-state index contributed by atoms with van der Waals surface area (Å²) in [6.07, 6.45) is 0. The van der Waals surface area contributed by atoms with Crippen LogP contribution in [0.2, 0.25) is 0 Å². The van der Waals surface area contributed by atoms with Gasteiger partial charge in [0.1, 0.15) is 0 Å². The lowest BCUT2D eigenvalue weighted by atomic mass is 10.1. The van der Waals surface area contributed by atoms with Crippen LogP contribution in [0.1, 0.15) is 11.1 Å². The van der Waals surface area contributed by atoms with Crippen LogP contribution in [-0.4, -0.2) is 26.3 Å².